The van der Waals surface area contributed by atoms with Gasteiger partial charge in [-0.05, 0) is 48.2 Å². The van der Waals surface area contributed by atoms with Crippen LogP contribution in [0.4, 0.5) is 5.69 Å². The molecule has 0 atom stereocenters. The predicted octanol–water partition coefficient (Wildman–Crippen LogP) is 5.15. The summed E-state index contributed by atoms with van der Waals surface area (Å²) in [6.07, 6.45) is 0. The first-order valence-corrected chi connectivity index (χ1v) is 7.21. The lowest BCUT2D eigenvalue weighted by Crippen LogP contribution is -1.97. The van der Waals surface area contributed by atoms with E-state index in [4.69, 9.17) is 26.8 Å². The van der Waals surface area contributed by atoms with Crippen LogP contribution in [0.2, 0.25) is 5.02 Å². The SMILES string of the molecule is COc1ccc(N)c(Oc2cc(C(C)C)c(Cl)cc2C)c1. The van der Waals surface area contributed by atoms with Crippen molar-refractivity contribution in [1.82, 2.24) is 0 Å². The van der Waals surface area contributed by atoms with Crippen LogP contribution in [0, 0.1) is 6.92 Å². The summed E-state index contributed by atoms with van der Waals surface area (Å²) >= 11 is 6.28. The van der Waals surface area contributed by atoms with Crippen molar-refractivity contribution in [3.63, 3.8) is 0 Å². The van der Waals surface area contributed by atoms with Crippen LogP contribution in [0.1, 0.15) is 30.9 Å². The van der Waals surface area contributed by atoms with Gasteiger partial charge in [-0.15, -0.1) is 0 Å². The van der Waals surface area contributed by atoms with Gasteiger partial charge in [-0.1, -0.05) is 25.4 Å². The van der Waals surface area contributed by atoms with Crippen LogP contribution in [-0.2, 0) is 0 Å². The topological polar surface area (TPSA) is 44.5 Å². The van der Waals surface area contributed by atoms with Crippen molar-refractivity contribution in [3.8, 4) is 17.2 Å². The molecule has 112 valence electrons. The number of hydrogen-bond acceptors (Lipinski definition) is 3. The van der Waals surface area contributed by atoms with Crippen LogP contribution >= 0.6 is 11.6 Å². The van der Waals surface area contributed by atoms with Gasteiger partial charge in [0.1, 0.15) is 11.5 Å². The number of aryl methyl sites for hydroxylation is 1. The minimum absolute atomic E-state index is 0.322. The van der Waals surface area contributed by atoms with E-state index < -0.39 is 0 Å². The zero-order chi connectivity index (χ0) is 15.6. The maximum absolute atomic E-state index is 6.28. The number of methoxy groups -OCH3 is 1. The monoisotopic (exact) mass is 305 g/mol. The fourth-order valence-corrected chi connectivity index (χ4v) is 2.51. The maximum Gasteiger partial charge on any atom is 0.154 e. The van der Waals surface area contributed by atoms with E-state index in [9.17, 15) is 0 Å². The third-order valence-corrected chi connectivity index (χ3v) is 3.68. The maximum atomic E-state index is 6.28. The number of ether oxygens (including phenoxy) is 2. The number of benzene rings is 2. The zero-order valence-corrected chi connectivity index (χ0v) is 13.5. The van der Waals surface area contributed by atoms with Gasteiger partial charge in [0.15, 0.2) is 5.75 Å². The average Bonchev–Trinajstić information content (AvgIpc) is 2.43. The molecule has 0 aliphatic rings. The molecule has 0 bridgehead atoms. The molecule has 2 aromatic rings. The van der Waals surface area contributed by atoms with E-state index in [0.717, 1.165) is 21.9 Å². The highest BCUT2D eigenvalue weighted by atomic mass is 35.5. The molecule has 2 aromatic carbocycles. The van der Waals surface area contributed by atoms with Gasteiger partial charge in [0.05, 0.1) is 12.8 Å². The van der Waals surface area contributed by atoms with Crippen molar-refractivity contribution in [2.24, 2.45) is 0 Å². The summed E-state index contributed by atoms with van der Waals surface area (Å²) in [4.78, 5) is 0. The van der Waals surface area contributed by atoms with Gasteiger partial charge < -0.3 is 15.2 Å². The van der Waals surface area contributed by atoms with Gasteiger partial charge in [-0.25, -0.2) is 0 Å². The molecule has 0 aliphatic carbocycles. The lowest BCUT2D eigenvalue weighted by atomic mass is 10.0. The van der Waals surface area contributed by atoms with E-state index in [1.54, 1.807) is 25.3 Å². The molecule has 0 amide bonds. The molecule has 3 nitrogen and oxygen atoms in total. The second-order valence-corrected chi connectivity index (χ2v) is 5.71. The molecule has 4 heteroatoms. The van der Waals surface area contributed by atoms with Crippen LogP contribution in [0.15, 0.2) is 30.3 Å². The Labute approximate surface area is 130 Å². The molecule has 21 heavy (non-hydrogen) atoms. The fourth-order valence-electron chi connectivity index (χ4n) is 2.07. The van der Waals surface area contributed by atoms with Crippen LogP contribution < -0.4 is 15.2 Å². The lowest BCUT2D eigenvalue weighted by Gasteiger charge is -2.16. The van der Waals surface area contributed by atoms with Crippen molar-refractivity contribution >= 4 is 17.3 Å². The summed E-state index contributed by atoms with van der Waals surface area (Å²) in [5, 5.41) is 0.758. The van der Waals surface area contributed by atoms with Crippen molar-refractivity contribution < 1.29 is 9.47 Å². The fraction of sp³-hybridized carbons (Fsp3) is 0.294. The molecule has 0 unspecified atom stereocenters. The molecule has 0 saturated heterocycles. The Kier molecular flexibility index (Phi) is 4.63. The summed E-state index contributed by atoms with van der Waals surface area (Å²) in [5.74, 6) is 2.36. The highest BCUT2D eigenvalue weighted by Gasteiger charge is 2.12. The van der Waals surface area contributed by atoms with E-state index in [0.29, 0.717) is 23.1 Å². The predicted molar refractivity (Wildman–Crippen MR) is 87.8 cm³/mol. The smallest absolute Gasteiger partial charge is 0.154 e. The molecular weight excluding hydrogens is 286 g/mol. The van der Waals surface area contributed by atoms with Gasteiger partial charge in [0.25, 0.3) is 0 Å². The first-order chi connectivity index (χ1) is 9.92. The number of nitrogen functional groups attached to an aromatic ring is 1. The summed E-state index contributed by atoms with van der Waals surface area (Å²) in [6, 6.07) is 9.24. The molecule has 2 rings (SSSR count). The van der Waals surface area contributed by atoms with Gasteiger partial charge in [0, 0.05) is 11.1 Å². The zero-order valence-electron chi connectivity index (χ0n) is 12.7. The molecular formula is C17H20ClNO2. The Bertz CT molecular complexity index is 653. The summed E-state index contributed by atoms with van der Waals surface area (Å²) < 4.78 is 11.2. The summed E-state index contributed by atoms with van der Waals surface area (Å²) in [7, 11) is 1.61. The van der Waals surface area contributed by atoms with Gasteiger partial charge in [-0.3, -0.25) is 0 Å². The van der Waals surface area contributed by atoms with Gasteiger partial charge in [0.2, 0.25) is 0 Å². The van der Waals surface area contributed by atoms with Crippen LogP contribution in [-0.4, -0.2) is 7.11 Å². The van der Waals surface area contributed by atoms with Crippen molar-refractivity contribution in [3.05, 3.63) is 46.5 Å². The quantitative estimate of drug-likeness (QED) is 0.794. The first-order valence-electron chi connectivity index (χ1n) is 6.83. The molecule has 0 aromatic heterocycles. The Morgan fingerprint density at radius 1 is 1.10 bits per heavy atom. The standard InChI is InChI=1S/C17H20ClNO2/c1-10(2)13-9-16(11(3)7-14(13)18)21-17-8-12(20-4)5-6-15(17)19/h5-10H,19H2,1-4H3. The summed E-state index contributed by atoms with van der Waals surface area (Å²) in [6.45, 7) is 6.15. The summed E-state index contributed by atoms with van der Waals surface area (Å²) in [5.41, 5.74) is 8.55. The van der Waals surface area contributed by atoms with Crippen molar-refractivity contribution in [2.75, 3.05) is 12.8 Å². The Morgan fingerprint density at radius 2 is 1.81 bits per heavy atom. The molecule has 0 heterocycles. The minimum atomic E-state index is 0.322. The van der Waals surface area contributed by atoms with Crippen LogP contribution in [0.5, 0.6) is 17.2 Å². The third-order valence-electron chi connectivity index (χ3n) is 3.36. The molecule has 0 fully saturated rings. The third kappa shape index (κ3) is 3.42. The number of hydrogen-bond donors (Lipinski definition) is 1. The average molecular weight is 306 g/mol. The highest BCUT2D eigenvalue weighted by Crippen LogP contribution is 2.36. The van der Waals surface area contributed by atoms with E-state index >= 15 is 0 Å². The Hall–Kier alpha value is -1.87. The van der Waals surface area contributed by atoms with Gasteiger partial charge in [-0.2, -0.15) is 0 Å². The Morgan fingerprint density at radius 3 is 2.43 bits per heavy atom. The second kappa shape index (κ2) is 6.27. The number of nitrogens with two attached hydrogens (primary N) is 1. The number of rotatable bonds is 4. The molecule has 0 spiro atoms. The normalized spacial score (nSPS) is 10.8. The number of anilines is 1. The Balaban J connectivity index is 2.42. The lowest BCUT2D eigenvalue weighted by molar-refractivity contribution is 0.409. The second-order valence-electron chi connectivity index (χ2n) is 5.30. The van der Waals surface area contributed by atoms with Crippen molar-refractivity contribution in [2.45, 2.75) is 26.7 Å². The molecule has 0 saturated carbocycles. The van der Waals surface area contributed by atoms with E-state index in [2.05, 4.69) is 13.8 Å². The van der Waals surface area contributed by atoms with Crippen molar-refractivity contribution in [1.29, 1.82) is 0 Å². The van der Waals surface area contributed by atoms with Crippen LogP contribution in [0.3, 0.4) is 0 Å². The highest BCUT2D eigenvalue weighted by molar-refractivity contribution is 6.31. The van der Waals surface area contributed by atoms with Gasteiger partial charge >= 0.3 is 0 Å². The number of halogens is 1. The van der Waals surface area contributed by atoms with E-state index in [1.165, 1.54) is 0 Å². The first kappa shape index (κ1) is 15.5. The minimum Gasteiger partial charge on any atom is -0.497 e. The molecule has 0 radical (unpaired) electrons. The largest absolute Gasteiger partial charge is 0.497 e. The van der Waals surface area contributed by atoms with Crippen LogP contribution in [0.25, 0.3) is 0 Å². The molecule has 2 N–H and O–H groups in total. The van der Waals surface area contributed by atoms with E-state index in [1.807, 2.05) is 19.1 Å². The van der Waals surface area contributed by atoms with E-state index in [-0.39, 0.29) is 0 Å². The molecule has 0 aliphatic heterocycles.